The number of methoxy groups -OCH3 is 2. The van der Waals surface area contributed by atoms with Gasteiger partial charge in [0.15, 0.2) is 11.4 Å². The first-order chi connectivity index (χ1) is 14.5. The number of ether oxygens (including phenoxy) is 2. The number of piperidine rings is 1. The predicted octanol–water partition coefficient (Wildman–Crippen LogP) is 3.05. The van der Waals surface area contributed by atoms with Crippen molar-refractivity contribution < 1.29 is 14.3 Å². The van der Waals surface area contributed by atoms with Crippen molar-refractivity contribution in [1.29, 1.82) is 0 Å². The van der Waals surface area contributed by atoms with Gasteiger partial charge >= 0.3 is 0 Å². The van der Waals surface area contributed by atoms with Crippen LogP contribution in [0.4, 0.5) is 0 Å². The van der Waals surface area contributed by atoms with Gasteiger partial charge in [-0.15, -0.1) is 0 Å². The molecule has 1 fully saturated rings. The molecular formula is C22H26ClN3O4. The number of aromatic nitrogens is 1. The van der Waals surface area contributed by atoms with Crippen LogP contribution in [0.1, 0.15) is 41.4 Å². The number of hydrogen-bond acceptors (Lipinski definition) is 5. The second-order valence-electron chi connectivity index (χ2n) is 7.77. The van der Waals surface area contributed by atoms with Gasteiger partial charge < -0.3 is 14.4 Å². The van der Waals surface area contributed by atoms with Gasteiger partial charge in [0, 0.05) is 38.1 Å². The molecule has 160 valence electrons. The lowest BCUT2D eigenvalue weighted by Gasteiger charge is -2.54. The van der Waals surface area contributed by atoms with Crippen LogP contribution >= 0.6 is 11.6 Å². The number of carbonyl (C=O) groups is 1. The normalized spacial score (nSPS) is 23.2. The lowest BCUT2D eigenvalue weighted by atomic mass is 9.82. The summed E-state index contributed by atoms with van der Waals surface area (Å²) in [6.45, 7) is 0.638. The number of hydrogen-bond donors (Lipinski definition) is 0. The number of carbonyl (C=O) groups excluding carboxylic acids is 1. The van der Waals surface area contributed by atoms with Gasteiger partial charge in [0.25, 0.3) is 5.91 Å². The number of benzene rings is 1. The lowest BCUT2D eigenvalue weighted by Crippen LogP contribution is -2.64. The highest BCUT2D eigenvalue weighted by molar-refractivity contribution is 6.31. The first kappa shape index (κ1) is 20.8. The number of rotatable bonds is 5. The lowest BCUT2D eigenvalue weighted by molar-refractivity contribution is 0.0460. The van der Waals surface area contributed by atoms with E-state index in [2.05, 4.69) is 5.01 Å². The molecule has 3 atom stereocenters. The molecule has 1 amide bonds. The Balaban J connectivity index is 1.93. The summed E-state index contributed by atoms with van der Waals surface area (Å²) in [6.07, 6.45) is 4.12. The fourth-order valence-electron chi connectivity index (χ4n) is 4.78. The Morgan fingerprint density at radius 3 is 2.60 bits per heavy atom. The average Bonchev–Trinajstić information content (AvgIpc) is 2.75. The van der Waals surface area contributed by atoms with Crippen molar-refractivity contribution in [1.82, 2.24) is 9.58 Å². The summed E-state index contributed by atoms with van der Waals surface area (Å²) in [7, 11) is 4.90. The maximum Gasteiger partial charge on any atom is 0.277 e. The molecule has 30 heavy (non-hydrogen) atoms. The van der Waals surface area contributed by atoms with E-state index < -0.39 is 0 Å². The van der Waals surface area contributed by atoms with Crippen LogP contribution in [0.5, 0.6) is 5.75 Å². The summed E-state index contributed by atoms with van der Waals surface area (Å²) >= 11 is 6.64. The summed E-state index contributed by atoms with van der Waals surface area (Å²) in [4.78, 5) is 27.3. The predicted molar refractivity (Wildman–Crippen MR) is 115 cm³/mol. The second-order valence-corrected chi connectivity index (χ2v) is 8.18. The van der Waals surface area contributed by atoms with Crippen LogP contribution < -0.4 is 15.2 Å². The van der Waals surface area contributed by atoms with Crippen LogP contribution in [0.25, 0.3) is 0 Å². The highest BCUT2D eigenvalue weighted by atomic mass is 35.5. The molecule has 2 aliphatic rings. The molecule has 8 heteroatoms. The highest BCUT2D eigenvalue weighted by Gasteiger charge is 2.46. The van der Waals surface area contributed by atoms with Crippen molar-refractivity contribution in [2.75, 3.05) is 32.9 Å². The second kappa shape index (κ2) is 8.32. The third-order valence-electron chi connectivity index (χ3n) is 6.21. The van der Waals surface area contributed by atoms with Crippen LogP contribution in [0.2, 0.25) is 5.02 Å². The molecule has 1 aromatic carbocycles. The van der Waals surface area contributed by atoms with Gasteiger partial charge in [0.05, 0.1) is 13.2 Å². The Morgan fingerprint density at radius 2 is 1.90 bits per heavy atom. The molecule has 1 saturated heterocycles. The zero-order chi connectivity index (χ0) is 21.4. The smallest absolute Gasteiger partial charge is 0.277 e. The van der Waals surface area contributed by atoms with E-state index in [-0.39, 0.29) is 40.9 Å². The number of fused-ring (bicyclic) bond motifs is 3. The molecule has 0 bridgehead atoms. The number of nitrogens with zero attached hydrogens (tertiary/aromatic N) is 3. The summed E-state index contributed by atoms with van der Waals surface area (Å²) in [5, 5.41) is 2.85. The van der Waals surface area contributed by atoms with Crippen molar-refractivity contribution in [3.05, 3.63) is 63.0 Å². The molecule has 4 rings (SSSR count). The molecule has 3 unspecified atom stereocenters. The maximum atomic E-state index is 13.2. The molecule has 0 saturated carbocycles. The van der Waals surface area contributed by atoms with Crippen molar-refractivity contribution in [3.8, 4) is 5.75 Å². The van der Waals surface area contributed by atoms with Crippen molar-refractivity contribution in [2.24, 2.45) is 5.92 Å². The Bertz CT molecular complexity index is 1010. The fraction of sp³-hybridized carbons (Fsp3) is 0.455. The molecular weight excluding hydrogens is 406 g/mol. The Labute approximate surface area is 180 Å². The van der Waals surface area contributed by atoms with Crippen LogP contribution in [0.3, 0.4) is 0 Å². The third kappa shape index (κ3) is 3.26. The fourth-order valence-corrected chi connectivity index (χ4v) is 5.03. The van der Waals surface area contributed by atoms with E-state index in [1.165, 1.54) is 13.2 Å². The number of halogens is 1. The van der Waals surface area contributed by atoms with Gasteiger partial charge in [-0.25, -0.2) is 0 Å². The van der Waals surface area contributed by atoms with Crippen molar-refractivity contribution >= 4 is 17.5 Å². The molecule has 2 aromatic rings. The van der Waals surface area contributed by atoms with Gasteiger partial charge in [-0.3, -0.25) is 19.3 Å². The van der Waals surface area contributed by atoms with E-state index in [4.69, 9.17) is 21.1 Å². The standard InChI is InChI=1S/C22H26ClN3O4/c1-24-18-9-8-14(11-13-29-2)19(15-6-4-5-7-16(15)23)26(18)25-12-10-17(27)21(30-3)20(25)22(24)28/h4-7,10,12,14,18-19H,8-9,11,13H2,1-3H3. The van der Waals surface area contributed by atoms with E-state index in [1.54, 1.807) is 29.9 Å². The molecule has 0 aliphatic carbocycles. The minimum Gasteiger partial charge on any atom is -0.491 e. The first-order valence-corrected chi connectivity index (χ1v) is 10.5. The van der Waals surface area contributed by atoms with Crippen molar-refractivity contribution in [3.63, 3.8) is 0 Å². The summed E-state index contributed by atoms with van der Waals surface area (Å²) in [5.74, 6) is 0.102. The van der Waals surface area contributed by atoms with Gasteiger partial charge in [0.2, 0.25) is 5.43 Å². The van der Waals surface area contributed by atoms with Crippen LogP contribution in [-0.2, 0) is 4.74 Å². The quantitative estimate of drug-likeness (QED) is 0.728. The first-order valence-electron chi connectivity index (χ1n) is 10.1. The van der Waals surface area contributed by atoms with Crippen LogP contribution in [-0.4, -0.2) is 49.5 Å². The summed E-state index contributed by atoms with van der Waals surface area (Å²) in [6, 6.07) is 9.17. The van der Waals surface area contributed by atoms with Gasteiger partial charge in [-0.05, 0) is 36.8 Å². The number of amides is 1. The molecule has 0 radical (unpaired) electrons. The van der Waals surface area contributed by atoms with E-state index in [1.807, 2.05) is 24.3 Å². The highest BCUT2D eigenvalue weighted by Crippen LogP contribution is 2.44. The Morgan fingerprint density at radius 1 is 1.13 bits per heavy atom. The Kier molecular flexibility index (Phi) is 5.75. The Hall–Kier alpha value is -2.51. The molecule has 1 aromatic heterocycles. The summed E-state index contributed by atoms with van der Waals surface area (Å²) < 4.78 is 12.5. The SMILES string of the molecule is COCCC1CCC2N(C)C(=O)c3c(OC)c(=O)ccn3N2C1c1ccccc1Cl. The minimum atomic E-state index is -0.314. The summed E-state index contributed by atoms with van der Waals surface area (Å²) in [5.41, 5.74) is 0.927. The monoisotopic (exact) mass is 431 g/mol. The largest absolute Gasteiger partial charge is 0.491 e. The van der Waals surface area contributed by atoms with Gasteiger partial charge in [-0.1, -0.05) is 29.8 Å². The molecule has 7 nitrogen and oxygen atoms in total. The van der Waals surface area contributed by atoms with E-state index in [9.17, 15) is 9.59 Å². The molecule has 3 heterocycles. The van der Waals surface area contributed by atoms with Crippen molar-refractivity contribution in [2.45, 2.75) is 31.5 Å². The van der Waals surface area contributed by atoms with Crippen LogP contribution in [0, 0.1) is 5.92 Å². The number of pyridine rings is 1. The molecule has 2 aliphatic heterocycles. The van der Waals surface area contributed by atoms with Gasteiger partial charge in [-0.2, -0.15) is 0 Å². The average molecular weight is 432 g/mol. The molecule has 0 N–H and O–H groups in total. The van der Waals surface area contributed by atoms with Crippen LogP contribution in [0.15, 0.2) is 41.3 Å². The molecule has 0 spiro atoms. The van der Waals surface area contributed by atoms with Gasteiger partial charge in [0.1, 0.15) is 6.17 Å². The third-order valence-corrected chi connectivity index (χ3v) is 6.55. The van der Waals surface area contributed by atoms with E-state index in [0.29, 0.717) is 11.6 Å². The zero-order valence-electron chi connectivity index (χ0n) is 17.4. The minimum absolute atomic E-state index is 0.0599. The topological polar surface area (TPSA) is 64.0 Å². The van der Waals surface area contributed by atoms with E-state index in [0.717, 1.165) is 24.8 Å². The maximum absolute atomic E-state index is 13.2. The zero-order valence-corrected chi connectivity index (χ0v) is 18.1. The van der Waals surface area contributed by atoms with E-state index >= 15 is 0 Å².